The maximum absolute atomic E-state index is 12.1. The Balaban J connectivity index is 1.42. The molecule has 138 valence electrons. The zero-order chi connectivity index (χ0) is 17.6. The van der Waals surface area contributed by atoms with Crippen molar-refractivity contribution in [1.82, 2.24) is 10.6 Å². The van der Waals surface area contributed by atoms with Crippen molar-refractivity contribution in [2.45, 2.75) is 44.2 Å². The van der Waals surface area contributed by atoms with Crippen LogP contribution in [0.25, 0.3) is 0 Å². The average molecular weight is 347 g/mol. The summed E-state index contributed by atoms with van der Waals surface area (Å²) in [6.07, 6.45) is 4.15. The summed E-state index contributed by atoms with van der Waals surface area (Å²) in [6.45, 7) is 2.60. The van der Waals surface area contributed by atoms with Crippen molar-refractivity contribution in [1.29, 1.82) is 0 Å². The molecule has 6 nitrogen and oxygen atoms in total. The Hall–Kier alpha value is -1.95. The summed E-state index contributed by atoms with van der Waals surface area (Å²) in [5.41, 5.74) is 1.12. The molecule has 0 radical (unpaired) electrons. The second-order valence-electron chi connectivity index (χ2n) is 7.13. The minimum Gasteiger partial charge on any atom is -0.495 e. The maximum Gasteiger partial charge on any atom is 0.315 e. The lowest BCUT2D eigenvalue weighted by molar-refractivity contribution is 0.117. The van der Waals surface area contributed by atoms with Crippen molar-refractivity contribution in [3.05, 3.63) is 24.3 Å². The van der Waals surface area contributed by atoms with Gasteiger partial charge in [-0.1, -0.05) is 12.1 Å². The molecule has 0 unspecified atom stereocenters. The van der Waals surface area contributed by atoms with Crippen molar-refractivity contribution >= 4 is 11.7 Å². The fourth-order valence-electron chi connectivity index (χ4n) is 3.80. The molecule has 2 fully saturated rings. The number of urea groups is 1. The molecule has 6 heteroatoms. The fraction of sp³-hybridized carbons (Fsp3) is 0.632. The van der Waals surface area contributed by atoms with E-state index < -0.39 is 0 Å². The molecule has 1 aliphatic carbocycles. The summed E-state index contributed by atoms with van der Waals surface area (Å²) in [5.74, 6) is 1.34. The summed E-state index contributed by atoms with van der Waals surface area (Å²) < 4.78 is 5.44. The number of anilines is 1. The van der Waals surface area contributed by atoms with Gasteiger partial charge in [0.2, 0.25) is 0 Å². The van der Waals surface area contributed by atoms with Gasteiger partial charge in [0.15, 0.2) is 0 Å². The van der Waals surface area contributed by atoms with Crippen LogP contribution < -0.4 is 20.3 Å². The molecule has 1 aromatic rings. The lowest BCUT2D eigenvalue weighted by Gasteiger charge is -2.26. The predicted molar refractivity (Wildman–Crippen MR) is 98.1 cm³/mol. The lowest BCUT2D eigenvalue weighted by atomic mass is 9.93. The standard InChI is InChI=1S/C19H29N3O3/c1-25-18-5-3-2-4-17(18)22-11-10-14(13-22)12-20-19(24)21-15-6-8-16(23)9-7-15/h2-5,14-16,23H,6-13H2,1H3,(H2,20,21,24)/t14-,15?,16?/m1/s1. The number of para-hydroxylation sites is 2. The molecule has 1 saturated heterocycles. The van der Waals surface area contributed by atoms with Crippen molar-refractivity contribution < 1.29 is 14.6 Å². The number of aliphatic hydroxyl groups is 1. The molecule has 2 amide bonds. The Morgan fingerprint density at radius 3 is 2.76 bits per heavy atom. The number of nitrogens with one attached hydrogen (secondary N) is 2. The van der Waals surface area contributed by atoms with E-state index >= 15 is 0 Å². The number of amides is 2. The van der Waals surface area contributed by atoms with Gasteiger partial charge in [-0.05, 0) is 50.2 Å². The molecule has 0 bridgehead atoms. The third-order valence-corrected chi connectivity index (χ3v) is 5.29. The topological polar surface area (TPSA) is 73.8 Å². The number of hydrogen-bond acceptors (Lipinski definition) is 4. The first-order valence-corrected chi connectivity index (χ1v) is 9.26. The second kappa shape index (κ2) is 8.43. The van der Waals surface area contributed by atoms with Gasteiger partial charge in [0.05, 0.1) is 18.9 Å². The number of hydrogen-bond donors (Lipinski definition) is 3. The van der Waals surface area contributed by atoms with Crippen LogP contribution in [0.3, 0.4) is 0 Å². The summed E-state index contributed by atoms with van der Waals surface area (Å²) in [4.78, 5) is 14.4. The third kappa shape index (κ3) is 4.78. The van der Waals surface area contributed by atoms with Crippen LogP contribution in [0.15, 0.2) is 24.3 Å². The molecule has 3 rings (SSSR count). The Morgan fingerprint density at radius 2 is 2.00 bits per heavy atom. The van der Waals surface area contributed by atoms with E-state index in [-0.39, 0.29) is 18.2 Å². The second-order valence-corrected chi connectivity index (χ2v) is 7.13. The van der Waals surface area contributed by atoms with Crippen LogP contribution in [0.1, 0.15) is 32.1 Å². The van der Waals surface area contributed by atoms with Gasteiger partial charge in [-0.15, -0.1) is 0 Å². The molecule has 1 aliphatic heterocycles. The normalized spacial score (nSPS) is 26.3. The number of benzene rings is 1. The van der Waals surface area contributed by atoms with Gasteiger partial charge in [-0.2, -0.15) is 0 Å². The highest BCUT2D eigenvalue weighted by molar-refractivity contribution is 5.74. The van der Waals surface area contributed by atoms with Crippen LogP contribution in [-0.2, 0) is 0 Å². The first-order chi connectivity index (χ1) is 12.2. The number of aliphatic hydroxyl groups excluding tert-OH is 1. The van der Waals surface area contributed by atoms with E-state index in [0.717, 1.165) is 56.6 Å². The van der Waals surface area contributed by atoms with E-state index in [1.165, 1.54) is 0 Å². The van der Waals surface area contributed by atoms with Crippen molar-refractivity contribution in [2.75, 3.05) is 31.6 Å². The minimum atomic E-state index is -0.194. The summed E-state index contributed by atoms with van der Waals surface area (Å²) in [6, 6.07) is 8.17. The largest absolute Gasteiger partial charge is 0.495 e. The van der Waals surface area contributed by atoms with Crippen molar-refractivity contribution in [3.8, 4) is 5.75 Å². The quantitative estimate of drug-likeness (QED) is 0.763. The van der Waals surface area contributed by atoms with E-state index in [1.807, 2.05) is 18.2 Å². The number of methoxy groups -OCH3 is 1. The molecule has 3 N–H and O–H groups in total. The molecule has 1 saturated carbocycles. The monoisotopic (exact) mass is 347 g/mol. The molecule has 0 aromatic heterocycles. The van der Waals surface area contributed by atoms with Crippen LogP contribution in [-0.4, -0.2) is 50.0 Å². The number of ether oxygens (including phenoxy) is 1. The molecule has 1 heterocycles. The Labute approximate surface area is 149 Å². The van der Waals surface area contributed by atoms with Crippen molar-refractivity contribution in [2.24, 2.45) is 5.92 Å². The number of carbonyl (C=O) groups is 1. The van der Waals surface area contributed by atoms with Crippen LogP contribution >= 0.6 is 0 Å². The van der Waals surface area contributed by atoms with E-state index in [0.29, 0.717) is 12.5 Å². The zero-order valence-electron chi connectivity index (χ0n) is 14.9. The van der Waals surface area contributed by atoms with Gasteiger partial charge < -0.3 is 25.4 Å². The van der Waals surface area contributed by atoms with E-state index in [9.17, 15) is 9.90 Å². The Morgan fingerprint density at radius 1 is 1.24 bits per heavy atom. The molecule has 0 spiro atoms. The Bertz CT molecular complexity index is 573. The smallest absolute Gasteiger partial charge is 0.315 e. The first kappa shape index (κ1) is 17.9. The van der Waals surface area contributed by atoms with Gasteiger partial charge in [-0.3, -0.25) is 0 Å². The van der Waals surface area contributed by atoms with Crippen LogP contribution in [0.4, 0.5) is 10.5 Å². The highest BCUT2D eigenvalue weighted by Crippen LogP contribution is 2.31. The van der Waals surface area contributed by atoms with E-state index in [1.54, 1.807) is 7.11 Å². The lowest BCUT2D eigenvalue weighted by Crippen LogP contribution is -2.45. The predicted octanol–water partition coefficient (Wildman–Crippen LogP) is 2.12. The maximum atomic E-state index is 12.1. The molecule has 25 heavy (non-hydrogen) atoms. The summed E-state index contributed by atoms with van der Waals surface area (Å²) in [5, 5.41) is 15.6. The summed E-state index contributed by atoms with van der Waals surface area (Å²) in [7, 11) is 1.70. The van der Waals surface area contributed by atoms with Crippen molar-refractivity contribution in [3.63, 3.8) is 0 Å². The SMILES string of the molecule is COc1ccccc1N1CC[C@H](CNC(=O)NC2CCC(O)CC2)C1. The van der Waals surface area contributed by atoms with Crippen LogP contribution in [0, 0.1) is 5.92 Å². The van der Waals surface area contributed by atoms with Gasteiger partial charge in [0.25, 0.3) is 0 Å². The molecular weight excluding hydrogens is 318 g/mol. The van der Waals surface area contributed by atoms with E-state index in [4.69, 9.17) is 4.74 Å². The minimum absolute atomic E-state index is 0.0860. The van der Waals surface area contributed by atoms with Crippen LogP contribution in [0.5, 0.6) is 5.75 Å². The third-order valence-electron chi connectivity index (χ3n) is 5.29. The van der Waals surface area contributed by atoms with Gasteiger partial charge in [-0.25, -0.2) is 4.79 Å². The molecule has 1 atom stereocenters. The van der Waals surface area contributed by atoms with Gasteiger partial charge in [0.1, 0.15) is 5.75 Å². The van der Waals surface area contributed by atoms with E-state index in [2.05, 4.69) is 21.6 Å². The van der Waals surface area contributed by atoms with Gasteiger partial charge >= 0.3 is 6.03 Å². The molecule has 2 aliphatic rings. The average Bonchev–Trinajstić information content (AvgIpc) is 3.11. The highest BCUT2D eigenvalue weighted by Gasteiger charge is 2.25. The van der Waals surface area contributed by atoms with Gasteiger partial charge in [0, 0.05) is 25.7 Å². The number of carbonyl (C=O) groups excluding carboxylic acids is 1. The number of nitrogens with zero attached hydrogens (tertiary/aromatic N) is 1. The highest BCUT2D eigenvalue weighted by atomic mass is 16.5. The molecular formula is C19H29N3O3. The zero-order valence-corrected chi connectivity index (χ0v) is 14.9. The first-order valence-electron chi connectivity index (χ1n) is 9.26. The summed E-state index contributed by atoms with van der Waals surface area (Å²) >= 11 is 0. The fourth-order valence-corrected chi connectivity index (χ4v) is 3.80. The number of rotatable bonds is 5. The van der Waals surface area contributed by atoms with Crippen LogP contribution in [0.2, 0.25) is 0 Å². The Kier molecular flexibility index (Phi) is 6.02. The molecule has 1 aromatic carbocycles.